The van der Waals surface area contributed by atoms with E-state index in [-0.39, 0.29) is 30.5 Å². The van der Waals surface area contributed by atoms with Crippen molar-refractivity contribution in [1.82, 2.24) is 35.1 Å². The monoisotopic (exact) mass is 621 g/mol. The number of aromatic nitrogens is 6. The summed E-state index contributed by atoms with van der Waals surface area (Å²) in [5.74, 6) is -2.52. The van der Waals surface area contributed by atoms with Crippen molar-refractivity contribution in [2.24, 2.45) is 0 Å². The second-order valence-electron chi connectivity index (χ2n) is 13.1. The maximum absolute atomic E-state index is 17.0. The molecule has 0 spiro atoms. The van der Waals surface area contributed by atoms with Gasteiger partial charge < -0.3 is 9.47 Å². The topological polar surface area (TPSA) is 108 Å². The van der Waals surface area contributed by atoms with E-state index < -0.39 is 34.7 Å². The van der Waals surface area contributed by atoms with Crippen molar-refractivity contribution in [2.45, 2.75) is 70.1 Å². The number of benzene rings is 2. The summed E-state index contributed by atoms with van der Waals surface area (Å²) in [6, 6.07) is 9.30. The van der Waals surface area contributed by atoms with E-state index >= 15 is 4.39 Å². The van der Waals surface area contributed by atoms with Crippen molar-refractivity contribution in [3.63, 3.8) is 0 Å². The summed E-state index contributed by atoms with van der Waals surface area (Å²) in [6.07, 6.45) is 5.07. The molecule has 45 heavy (non-hydrogen) atoms. The third-order valence-electron chi connectivity index (χ3n) is 9.13. The van der Waals surface area contributed by atoms with Gasteiger partial charge in [-0.15, -0.1) is 10.2 Å². The van der Waals surface area contributed by atoms with Crippen molar-refractivity contribution in [3.05, 3.63) is 82.9 Å². The van der Waals surface area contributed by atoms with Gasteiger partial charge in [0.05, 0.1) is 6.54 Å². The van der Waals surface area contributed by atoms with Gasteiger partial charge in [-0.05, 0) is 69.4 Å². The summed E-state index contributed by atoms with van der Waals surface area (Å²) in [5, 5.41) is 17.3. The highest BCUT2D eigenvalue weighted by Gasteiger charge is 2.56. The standard InChI is InChI=1S/C32H38F3N9O/c1-20-5-6-22(27(15-20)42-12-9-21(10-13-42)28-38-40-41-39-28)17-43-14-11-36-30(43)37-29(45)32(35)19-44(31(2,3)4)18-25(32)24-8-7-23(33)16-26(24)34/h5-8,11,14-16,21,25H,9-10,12-13,17-19H2,1-4H3,(H,36,37,45)(H,38,39,40,41)/t25-,32-/m0/s1. The molecule has 0 bridgehead atoms. The molecule has 2 aromatic heterocycles. The fourth-order valence-corrected chi connectivity index (χ4v) is 6.46. The number of aromatic amines is 1. The van der Waals surface area contributed by atoms with E-state index in [9.17, 15) is 13.6 Å². The van der Waals surface area contributed by atoms with Crippen molar-refractivity contribution >= 4 is 17.5 Å². The predicted molar refractivity (Wildman–Crippen MR) is 164 cm³/mol. The van der Waals surface area contributed by atoms with Gasteiger partial charge in [0, 0.05) is 67.7 Å². The molecule has 13 heteroatoms. The Balaban J connectivity index is 1.23. The molecule has 6 rings (SSSR count). The molecule has 0 aliphatic carbocycles. The third-order valence-corrected chi connectivity index (χ3v) is 9.13. The number of nitrogens with one attached hydrogen (secondary N) is 2. The molecule has 0 saturated carbocycles. The first-order valence-corrected chi connectivity index (χ1v) is 15.2. The number of anilines is 2. The number of tetrazole rings is 1. The summed E-state index contributed by atoms with van der Waals surface area (Å²) in [5.41, 5.74) is 0.225. The van der Waals surface area contributed by atoms with Gasteiger partial charge in [-0.1, -0.05) is 23.4 Å². The van der Waals surface area contributed by atoms with Crippen molar-refractivity contribution in [2.75, 3.05) is 36.4 Å². The molecule has 0 radical (unpaired) electrons. The molecule has 2 saturated heterocycles. The average Bonchev–Trinajstić information content (AvgIpc) is 3.76. The molecule has 4 heterocycles. The number of rotatable bonds is 7. The third kappa shape index (κ3) is 6.18. The molecule has 0 unspecified atom stereocenters. The number of imidazole rings is 1. The first-order valence-electron chi connectivity index (χ1n) is 15.2. The van der Waals surface area contributed by atoms with Crippen LogP contribution in [0.2, 0.25) is 0 Å². The maximum Gasteiger partial charge on any atom is 0.266 e. The van der Waals surface area contributed by atoms with Gasteiger partial charge in [0.15, 0.2) is 5.82 Å². The summed E-state index contributed by atoms with van der Waals surface area (Å²) in [4.78, 5) is 22.3. The summed E-state index contributed by atoms with van der Waals surface area (Å²) in [7, 11) is 0. The van der Waals surface area contributed by atoms with Crippen LogP contribution >= 0.6 is 0 Å². The van der Waals surface area contributed by atoms with Gasteiger partial charge in [0.2, 0.25) is 11.6 Å². The number of halogens is 3. The van der Waals surface area contributed by atoms with Crippen LogP contribution in [0.5, 0.6) is 0 Å². The van der Waals surface area contributed by atoms with E-state index in [1.54, 1.807) is 17.0 Å². The number of alkyl halides is 1. The van der Waals surface area contributed by atoms with E-state index in [1.807, 2.05) is 38.7 Å². The van der Waals surface area contributed by atoms with Crippen LogP contribution in [0.15, 0.2) is 48.8 Å². The van der Waals surface area contributed by atoms with Crippen molar-refractivity contribution in [1.29, 1.82) is 0 Å². The smallest absolute Gasteiger partial charge is 0.266 e. The molecule has 10 nitrogen and oxygen atoms in total. The highest BCUT2D eigenvalue weighted by molar-refractivity contribution is 5.97. The molecule has 2 fully saturated rings. The Labute approximate surface area is 260 Å². The molecule has 2 aliphatic heterocycles. The molecular weight excluding hydrogens is 583 g/mol. The Morgan fingerprint density at radius 1 is 1.13 bits per heavy atom. The van der Waals surface area contributed by atoms with Gasteiger partial charge in [-0.3, -0.25) is 15.0 Å². The minimum Gasteiger partial charge on any atom is -0.371 e. The van der Waals surface area contributed by atoms with E-state index in [4.69, 9.17) is 0 Å². The minimum absolute atomic E-state index is 0.0310. The number of hydrogen-bond acceptors (Lipinski definition) is 7. The highest BCUT2D eigenvalue weighted by atomic mass is 19.1. The molecule has 4 aromatic rings. The SMILES string of the molecule is Cc1ccc(Cn2ccnc2NC(=O)[C@]2(F)CN(C(C)(C)C)C[C@H]2c2ccc(F)cc2F)c(N2CCC(c3nn[nH]n3)CC2)c1. The summed E-state index contributed by atoms with van der Waals surface area (Å²) in [6.45, 7) is 9.66. The first kappa shape index (κ1) is 30.8. The fourth-order valence-electron chi connectivity index (χ4n) is 6.46. The Morgan fingerprint density at radius 3 is 2.60 bits per heavy atom. The number of carbonyl (C=O) groups is 1. The van der Waals surface area contributed by atoms with Crippen molar-refractivity contribution in [3.8, 4) is 0 Å². The fraction of sp³-hybridized carbons (Fsp3) is 0.469. The lowest BCUT2D eigenvalue weighted by atomic mass is 9.85. The predicted octanol–water partition coefficient (Wildman–Crippen LogP) is 4.96. The van der Waals surface area contributed by atoms with Gasteiger partial charge in [-0.2, -0.15) is 5.21 Å². The number of H-pyrrole nitrogens is 1. The number of hydrogen-bond donors (Lipinski definition) is 2. The molecular formula is C32H38F3N9O. The largest absolute Gasteiger partial charge is 0.371 e. The van der Waals surface area contributed by atoms with E-state index in [0.717, 1.165) is 60.7 Å². The number of nitrogens with zero attached hydrogens (tertiary/aromatic N) is 7. The highest BCUT2D eigenvalue weighted by Crippen LogP contribution is 2.43. The minimum atomic E-state index is -2.49. The van der Waals surface area contributed by atoms with Crippen LogP contribution in [0.1, 0.15) is 68.0 Å². The molecule has 2 atom stereocenters. The molecule has 2 aromatic carbocycles. The van der Waals surface area contributed by atoms with Gasteiger partial charge >= 0.3 is 0 Å². The van der Waals surface area contributed by atoms with E-state index in [2.05, 4.69) is 48.0 Å². The number of amides is 1. The van der Waals surface area contributed by atoms with Crippen LogP contribution in [0, 0.1) is 18.6 Å². The number of carbonyl (C=O) groups excluding carboxylic acids is 1. The van der Waals surface area contributed by atoms with Gasteiger partial charge in [-0.25, -0.2) is 18.2 Å². The van der Waals surface area contributed by atoms with Crippen LogP contribution in [-0.2, 0) is 11.3 Å². The quantitative estimate of drug-likeness (QED) is 0.300. The second-order valence-corrected chi connectivity index (χ2v) is 13.1. The zero-order valence-corrected chi connectivity index (χ0v) is 25.9. The van der Waals surface area contributed by atoms with Crippen molar-refractivity contribution < 1.29 is 18.0 Å². The lowest BCUT2D eigenvalue weighted by Gasteiger charge is -2.34. The second kappa shape index (κ2) is 11.9. The first-order chi connectivity index (χ1) is 21.4. The zero-order valence-electron chi connectivity index (χ0n) is 25.9. The van der Waals surface area contributed by atoms with Gasteiger partial charge in [0.1, 0.15) is 11.6 Å². The maximum atomic E-state index is 17.0. The van der Waals surface area contributed by atoms with Crippen LogP contribution in [-0.4, -0.2) is 78.4 Å². The summed E-state index contributed by atoms with van der Waals surface area (Å²) < 4.78 is 47.4. The van der Waals surface area contributed by atoms with Crippen LogP contribution < -0.4 is 10.2 Å². The average molecular weight is 622 g/mol. The van der Waals surface area contributed by atoms with E-state index in [0.29, 0.717) is 6.54 Å². The molecule has 2 aliphatic rings. The van der Waals surface area contributed by atoms with Gasteiger partial charge in [0.25, 0.3) is 5.91 Å². The van der Waals surface area contributed by atoms with E-state index in [1.165, 1.54) is 6.07 Å². The molecule has 2 N–H and O–H groups in total. The lowest BCUT2D eigenvalue weighted by Crippen LogP contribution is -2.47. The van der Waals surface area contributed by atoms with Crippen LogP contribution in [0.4, 0.5) is 24.8 Å². The van der Waals surface area contributed by atoms with Crippen LogP contribution in [0.25, 0.3) is 0 Å². The van der Waals surface area contributed by atoms with Crippen LogP contribution in [0.3, 0.4) is 0 Å². The molecule has 1 amide bonds. The molecule has 238 valence electrons. The number of aryl methyl sites for hydroxylation is 1. The normalized spacial score (nSPS) is 21.4. The number of likely N-dealkylation sites (tertiary alicyclic amines) is 1. The Kier molecular flexibility index (Phi) is 8.14. The Morgan fingerprint density at radius 2 is 1.91 bits per heavy atom. The Bertz CT molecular complexity index is 1660. The lowest BCUT2D eigenvalue weighted by molar-refractivity contribution is -0.127. The zero-order chi connectivity index (χ0) is 31.9. The Hall–Kier alpha value is -4.26. The summed E-state index contributed by atoms with van der Waals surface area (Å²) >= 11 is 0. The number of piperidine rings is 1.